The van der Waals surface area contributed by atoms with Crippen molar-refractivity contribution >= 4 is 45.2 Å². The number of aromatic amines is 1. The highest BCUT2D eigenvalue weighted by Crippen LogP contribution is 2.41. The van der Waals surface area contributed by atoms with Crippen LogP contribution in [0.15, 0.2) is 39.3 Å². The Morgan fingerprint density at radius 2 is 2.08 bits per heavy atom. The molecule has 1 fully saturated rings. The molecule has 0 spiro atoms. The molecular formula is C26H29ClFN7O3. The van der Waals surface area contributed by atoms with Crippen LogP contribution >= 0.6 is 11.6 Å². The number of hydrogen-bond donors (Lipinski definition) is 3. The molecular weight excluding hydrogens is 513 g/mol. The van der Waals surface area contributed by atoms with Crippen LogP contribution in [0, 0.1) is 6.92 Å². The lowest BCUT2D eigenvalue weighted by atomic mass is 9.91. The number of nitrogens with one attached hydrogen (secondary N) is 2. The molecule has 5 rings (SSSR count). The average Bonchev–Trinajstić information content (AvgIpc) is 3.44. The second kappa shape index (κ2) is 10.2. The van der Waals surface area contributed by atoms with E-state index in [1.54, 1.807) is 35.8 Å². The Hall–Kier alpha value is -3.70. The lowest BCUT2D eigenvalue weighted by Crippen LogP contribution is -2.38. The van der Waals surface area contributed by atoms with Gasteiger partial charge in [0.05, 0.1) is 11.4 Å². The number of amides is 1. The van der Waals surface area contributed by atoms with Crippen molar-refractivity contribution in [2.75, 3.05) is 26.4 Å². The van der Waals surface area contributed by atoms with E-state index in [4.69, 9.17) is 21.8 Å². The van der Waals surface area contributed by atoms with Crippen LogP contribution in [0.5, 0.6) is 0 Å². The summed E-state index contributed by atoms with van der Waals surface area (Å²) >= 11 is 6.23. The second-order valence-electron chi connectivity index (χ2n) is 9.94. The number of likely N-dealkylation sites (N-methyl/N-ethyl adjacent to an activating group) is 1. The normalized spacial score (nSPS) is 18.5. The zero-order valence-electron chi connectivity index (χ0n) is 21.3. The minimum atomic E-state index is -0.788. The lowest BCUT2D eigenvalue weighted by molar-refractivity contribution is -0.119. The van der Waals surface area contributed by atoms with E-state index < -0.39 is 17.3 Å². The van der Waals surface area contributed by atoms with E-state index in [2.05, 4.69) is 20.6 Å². The summed E-state index contributed by atoms with van der Waals surface area (Å²) in [6.45, 7) is 2.26. The van der Waals surface area contributed by atoms with Crippen LogP contribution in [0.4, 0.5) is 10.2 Å². The van der Waals surface area contributed by atoms with E-state index in [-0.39, 0.29) is 23.4 Å². The highest BCUT2D eigenvalue weighted by Gasteiger charge is 2.31. The maximum absolute atomic E-state index is 14.2. The van der Waals surface area contributed by atoms with Gasteiger partial charge in [0.1, 0.15) is 11.3 Å². The third kappa shape index (κ3) is 4.79. The van der Waals surface area contributed by atoms with Crippen LogP contribution in [0.1, 0.15) is 37.3 Å². The molecule has 0 bridgehead atoms. The standard InChI is InChI=1S/C26H29ClFN7O3/c1-13-17-12-14(27)4-9-19(17)38-23(13)22-20-21(26(37)32-31-24(20)29)33-35(22)16-7-5-15(6-8-16)30-25(36)18(28)10-11-34(2)3/h4,9-10,12,15-16H,5-8,11H2,1-3H3,(H2,29,31)(H,30,36)(H,32,37)/b18-10-. The van der Waals surface area contributed by atoms with Crippen molar-refractivity contribution in [3.8, 4) is 11.5 Å². The van der Waals surface area contributed by atoms with Crippen LogP contribution in [0.3, 0.4) is 0 Å². The molecule has 12 heteroatoms. The maximum Gasteiger partial charge on any atom is 0.292 e. The molecule has 4 aromatic rings. The molecule has 0 atom stereocenters. The summed E-state index contributed by atoms with van der Waals surface area (Å²) in [6, 6.07) is 5.11. The first-order chi connectivity index (χ1) is 18.1. The Kier molecular flexibility index (Phi) is 6.97. The quantitative estimate of drug-likeness (QED) is 0.313. The number of hydrogen-bond acceptors (Lipinski definition) is 7. The van der Waals surface area contributed by atoms with Gasteiger partial charge in [-0.15, -0.1) is 0 Å². The number of anilines is 1. The summed E-state index contributed by atoms with van der Waals surface area (Å²) in [5.74, 6) is -0.820. The van der Waals surface area contributed by atoms with E-state index in [1.807, 2.05) is 13.0 Å². The Morgan fingerprint density at radius 1 is 1.34 bits per heavy atom. The summed E-state index contributed by atoms with van der Waals surface area (Å²) in [7, 11) is 3.60. The number of nitrogens with two attached hydrogens (primary N) is 1. The Balaban J connectivity index is 1.48. The van der Waals surface area contributed by atoms with E-state index in [9.17, 15) is 14.0 Å². The van der Waals surface area contributed by atoms with Crippen LogP contribution in [-0.2, 0) is 4.79 Å². The Bertz CT molecular complexity index is 1610. The summed E-state index contributed by atoms with van der Waals surface area (Å²) in [5.41, 5.74) is 8.02. The van der Waals surface area contributed by atoms with Crippen LogP contribution in [0.2, 0.25) is 5.02 Å². The fraction of sp³-hybridized carbons (Fsp3) is 0.385. The first kappa shape index (κ1) is 25.9. The molecule has 1 aliphatic carbocycles. The van der Waals surface area contributed by atoms with Crippen molar-refractivity contribution in [2.45, 2.75) is 44.7 Å². The molecule has 1 aliphatic rings. The maximum atomic E-state index is 14.2. The molecule has 3 heterocycles. The number of benzene rings is 1. The molecule has 0 aliphatic heterocycles. The molecule has 1 aromatic carbocycles. The van der Waals surface area contributed by atoms with Gasteiger partial charge in [0.25, 0.3) is 11.5 Å². The van der Waals surface area contributed by atoms with Gasteiger partial charge in [-0.05, 0) is 71.0 Å². The highest BCUT2D eigenvalue weighted by atomic mass is 35.5. The van der Waals surface area contributed by atoms with Gasteiger partial charge >= 0.3 is 0 Å². The highest BCUT2D eigenvalue weighted by molar-refractivity contribution is 6.31. The number of carbonyl (C=O) groups excluding carboxylic acids is 1. The monoisotopic (exact) mass is 541 g/mol. The molecule has 200 valence electrons. The molecule has 0 saturated heterocycles. The summed E-state index contributed by atoms with van der Waals surface area (Å²) in [5, 5.41) is 15.7. The van der Waals surface area contributed by atoms with E-state index in [0.29, 0.717) is 59.7 Å². The van der Waals surface area contributed by atoms with Crippen molar-refractivity contribution in [1.29, 1.82) is 0 Å². The topological polar surface area (TPSA) is 135 Å². The van der Waals surface area contributed by atoms with Crippen molar-refractivity contribution in [3.63, 3.8) is 0 Å². The van der Waals surface area contributed by atoms with Crippen LogP contribution in [0.25, 0.3) is 33.3 Å². The molecule has 4 N–H and O–H groups in total. The summed E-state index contributed by atoms with van der Waals surface area (Å²) in [6.07, 6.45) is 3.79. The number of furan rings is 1. The van der Waals surface area contributed by atoms with Gasteiger partial charge in [-0.3, -0.25) is 14.3 Å². The third-order valence-corrected chi connectivity index (χ3v) is 7.24. The van der Waals surface area contributed by atoms with Crippen molar-refractivity contribution in [3.05, 3.63) is 51.0 Å². The number of nitrogens with zero attached hydrogens (tertiary/aromatic N) is 4. The van der Waals surface area contributed by atoms with E-state index in [0.717, 1.165) is 10.9 Å². The van der Waals surface area contributed by atoms with Gasteiger partial charge in [0.2, 0.25) is 0 Å². The number of nitrogen functional groups attached to an aromatic ring is 1. The molecule has 10 nitrogen and oxygen atoms in total. The Morgan fingerprint density at radius 3 is 2.79 bits per heavy atom. The van der Waals surface area contributed by atoms with Gasteiger partial charge in [0.15, 0.2) is 22.9 Å². The van der Waals surface area contributed by atoms with Crippen LogP contribution < -0.4 is 16.6 Å². The number of aromatic nitrogens is 4. The molecule has 1 amide bonds. The third-order valence-electron chi connectivity index (χ3n) is 7.00. The fourth-order valence-corrected chi connectivity index (χ4v) is 5.20. The largest absolute Gasteiger partial charge is 0.454 e. The van der Waals surface area contributed by atoms with E-state index in [1.165, 1.54) is 6.08 Å². The number of aryl methyl sites for hydroxylation is 1. The Labute approximate surface area is 222 Å². The first-order valence-corrected chi connectivity index (χ1v) is 12.8. The molecule has 3 aromatic heterocycles. The predicted octanol–water partition coefficient (Wildman–Crippen LogP) is 4.09. The van der Waals surface area contributed by atoms with Gasteiger partial charge in [-0.1, -0.05) is 11.6 Å². The van der Waals surface area contributed by atoms with Crippen molar-refractivity contribution in [1.82, 2.24) is 30.2 Å². The molecule has 1 saturated carbocycles. The van der Waals surface area contributed by atoms with Crippen molar-refractivity contribution in [2.24, 2.45) is 0 Å². The zero-order chi connectivity index (χ0) is 27.1. The second-order valence-corrected chi connectivity index (χ2v) is 10.4. The lowest BCUT2D eigenvalue weighted by Gasteiger charge is -2.30. The van der Waals surface area contributed by atoms with Crippen LogP contribution in [-0.4, -0.2) is 57.5 Å². The minimum absolute atomic E-state index is 0.102. The van der Waals surface area contributed by atoms with Gasteiger partial charge in [-0.2, -0.15) is 10.2 Å². The first-order valence-electron chi connectivity index (χ1n) is 12.4. The SMILES string of the molecule is Cc1c(-c2c3c(N)n[nH]c(=O)c3nn2C2CCC(NC(=O)/C(F)=C/CN(C)C)CC2)oc2ccc(Cl)cc12. The number of H-pyrrole nitrogens is 1. The van der Waals surface area contributed by atoms with E-state index >= 15 is 0 Å². The molecule has 38 heavy (non-hydrogen) atoms. The predicted molar refractivity (Wildman–Crippen MR) is 145 cm³/mol. The number of halogens is 2. The summed E-state index contributed by atoms with van der Waals surface area (Å²) in [4.78, 5) is 26.7. The number of rotatable bonds is 6. The molecule has 0 unspecified atom stereocenters. The average molecular weight is 542 g/mol. The zero-order valence-corrected chi connectivity index (χ0v) is 22.1. The van der Waals surface area contributed by atoms with Gasteiger partial charge in [-0.25, -0.2) is 9.49 Å². The van der Waals surface area contributed by atoms with Gasteiger partial charge < -0.3 is 20.4 Å². The number of carbonyl (C=O) groups is 1. The minimum Gasteiger partial charge on any atom is -0.454 e. The molecule has 0 radical (unpaired) electrons. The summed E-state index contributed by atoms with van der Waals surface area (Å²) < 4.78 is 22.2. The van der Waals surface area contributed by atoms with Crippen molar-refractivity contribution < 1.29 is 13.6 Å². The van der Waals surface area contributed by atoms with Gasteiger partial charge in [0, 0.05) is 28.6 Å². The fourth-order valence-electron chi connectivity index (χ4n) is 5.03. The smallest absolute Gasteiger partial charge is 0.292 e. The number of fused-ring (bicyclic) bond motifs is 2.